The normalized spacial score (nSPS) is 15.5. The number of hydrogen-bond donors (Lipinski definition) is 0. The molecular formula is C28H25N3O3S. The zero-order valence-electron chi connectivity index (χ0n) is 19.8. The van der Waals surface area contributed by atoms with Gasteiger partial charge in [0.05, 0.1) is 29.3 Å². The van der Waals surface area contributed by atoms with Crippen molar-refractivity contribution < 1.29 is 14.3 Å². The maximum atomic E-state index is 12.8. The van der Waals surface area contributed by atoms with Gasteiger partial charge in [-0.15, -0.1) is 0 Å². The van der Waals surface area contributed by atoms with Crippen LogP contribution >= 0.6 is 11.8 Å². The molecule has 0 bridgehead atoms. The molecule has 1 fully saturated rings. The molecule has 0 unspecified atom stereocenters. The molecule has 0 N–H and O–H groups in total. The lowest BCUT2D eigenvalue weighted by Crippen LogP contribution is -2.23. The topological polar surface area (TPSA) is 74.9 Å². The molecule has 0 aromatic heterocycles. The van der Waals surface area contributed by atoms with Crippen LogP contribution in [0.25, 0.3) is 6.08 Å². The van der Waals surface area contributed by atoms with E-state index in [1.54, 1.807) is 31.2 Å². The molecule has 0 radical (unpaired) electrons. The van der Waals surface area contributed by atoms with Crippen molar-refractivity contribution in [1.82, 2.24) is 4.90 Å². The zero-order chi connectivity index (χ0) is 24.8. The molecule has 0 atom stereocenters. The molecule has 3 aromatic carbocycles. The first-order valence-corrected chi connectivity index (χ1v) is 12.0. The second-order valence-electron chi connectivity index (χ2n) is 7.86. The third kappa shape index (κ3) is 5.56. The molecule has 35 heavy (non-hydrogen) atoms. The van der Waals surface area contributed by atoms with Crippen molar-refractivity contribution in [2.45, 2.75) is 20.0 Å². The number of carbonyl (C=O) groups is 1. The minimum atomic E-state index is -0.105. The van der Waals surface area contributed by atoms with Crippen LogP contribution in [0.5, 0.6) is 11.5 Å². The van der Waals surface area contributed by atoms with Gasteiger partial charge in [-0.05, 0) is 65.7 Å². The van der Waals surface area contributed by atoms with Crippen molar-refractivity contribution in [1.29, 1.82) is 5.26 Å². The highest BCUT2D eigenvalue weighted by Gasteiger charge is 2.30. The van der Waals surface area contributed by atoms with Crippen LogP contribution in [0.3, 0.4) is 0 Å². The number of methoxy groups -OCH3 is 1. The minimum Gasteiger partial charge on any atom is -0.493 e. The highest BCUT2D eigenvalue weighted by Crippen LogP contribution is 2.35. The summed E-state index contributed by atoms with van der Waals surface area (Å²) >= 11 is 1.34. The van der Waals surface area contributed by atoms with Gasteiger partial charge in [0.1, 0.15) is 6.61 Å². The van der Waals surface area contributed by atoms with Gasteiger partial charge in [-0.2, -0.15) is 5.26 Å². The predicted molar refractivity (Wildman–Crippen MR) is 140 cm³/mol. The van der Waals surface area contributed by atoms with Crippen LogP contribution in [0.1, 0.15) is 29.2 Å². The van der Waals surface area contributed by atoms with E-state index in [9.17, 15) is 10.1 Å². The fourth-order valence-electron chi connectivity index (χ4n) is 3.52. The number of rotatable bonds is 7. The van der Waals surface area contributed by atoms with Crippen LogP contribution in [0.2, 0.25) is 0 Å². The summed E-state index contributed by atoms with van der Waals surface area (Å²) < 4.78 is 11.4. The number of ether oxygens (including phenoxy) is 2. The van der Waals surface area contributed by atoms with E-state index in [2.05, 4.69) is 18.0 Å². The second kappa shape index (κ2) is 10.9. The van der Waals surface area contributed by atoms with E-state index in [0.717, 1.165) is 23.2 Å². The summed E-state index contributed by atoms with van der Waals surface area (Å²) in [5.74, 6) is 0.997. The van der Waals surface area contributed by atoms with Gasteiger partial charge in [-0.25, -0.2) is 4.99 Å². The summed E-state index contributed by atoms with van der Waals surface area (Å²) in [5, 5.41) is 9.91. The van der Waals surface area contributed by atoms with Crippen LogP contribution in [0, 0.1) is 11.3 Å². The first kappa shape index (κ1) is 24.1. The van der Waals surface area contributed by atoms with Gasteiger partial charge >= 0.3 is 0 Å². The average molecular weight is 484 g/mol. The number of aryl methyl sites for hydroxylation is 1. The second-order valence-corrected chi connectivity index (χ2v) is 8.87. The molecule has 1 aliphatic heterocycles. The lowest BCUT2D eigenvalue weighted by Gasteiger charge is -2.12. The first-order valence-electron chi connectivity index (χ1n) is 11.2. The van der Waals surface area contributed by atoms with E-state index in [0.29, 0.717) is 27.1 Å². The average Bonchev–Trinajstić information content (AvgIpc) is 3.15. The van der Waals surface area contributed by atoms with E-state index in [1.807, 2.05) is 60.7 Å². The van der Waals surface area contributed by atoms with Gasteiger partial charge in [-0.1, -0.05) is 43.3 Å². The standard InChI is InChI=1S/C28H25N3O3S/c1-4-19-9-12-23(13-10-19)30-28-31(2)27(32)26(35-28)16-20-11-14-24(25(15-20)33-3)34-18-22-8-6-5-7-21(22)17-29/h5-16H,4,18H2,1-3H3/b26-16+,30-28?. The summed E-state index contributed by atoms with van der Waals surface area (Å²) in [6, 6.07) is 23.0. The maximum absolute atomic E-state index is 12.8. The Kier molecular flexibility index (Phi) is 7.54. The van der Waals surface area contributed by atoms with Crippen molar-refractivity contribution in [3.05, 3.63) is 93.9 Å². The molecule has 3 aromatic rings. The van der Waals surface area contributed by atoms with E-state index >= 15 is 0 Å². The van der Waals surface area contributed by atoms with Crippen LogP contribution < -0.4 is 9.47 Å². The first-order chi connectivity index (χ1) is 17.0. The van der Waals surface area contributed by atoms with Gasteiger partial charge < -0.3 is 9.47 Å². The molecule has 0 spiro atoms. The Balaban J connectivity index is 1.52. The largest absolute Gasteiger partial charge is 0.493 e. The number of benzene rings is 3. The lowest BCUT2D eigenvalue weighted by atomic mass is 10.1. The van der Waals surface area contributed by atoms with Crippen molar-refractivity contribution >= 4 is 34.6 Å². The smallest absolute Gasteiger partial charge is 0.266 e. The summed E-state index contributed by atoms with van der Waals surface area (Å²) in [6.45, 7) is 2.36. The van der Waals surface area contributed by atoms with Crippen molar-refractivity contribution in [2.24, 2.45) is 4.99 Å². The number of hydrogen-bond acceptors (Lipinski definition) is 6. The Morgan fingerprint density at radius 3 is 2.57 bits per heavy atom. The number of thioether (sulfide) groups is 1. The molecule has 1 aliphatic rings. The molecule has 0 saturated carbocycles. The third-order valence-corrected chi connectivity index (χ3v) is 6.64. The molecule has 176 valence electrons. The Labute approximate surface area is 209 Å². The highest BCUT2D eigenvalue weighted by molar-refractivity contribution is 8.18. The van der Waals surface area contributed by atoms with E-state index in [4.69, 9.17) is 9.47 Å². The number of aliphatic imine (C=N–C) groups is 1. The number of amides is 1. The van der Waals surface area contributed by atoms with Crippen molar-refractivity contribution in [3.8, 4) is 17.6 Å². The predicted octanol–water partition coefficient (Wildman–Crippen LogP) is 5.94. The monoisotopic (exact) mass is 483 g/mol. The zero-order valence-corrected chi connectivity index (χ0v) is 20.6. The Bertz CT molecular complexity index is 1340. The van der Waals surface area contributed by atoms with Gasteiger partial charge in [0, 0.05) is 12.6 Å². The highest BCUT2D eigenvalue weighted by atomic mass is 32.2. The van der Waals surface area contributed by atoms with Crippen LogP contribution in [-0.2, 0) is 17.8 Å². The Morgan fingerprint density at radius 2 is 1.86 bits per heavy atom. The number of likely N-dealkylation sites (N-methyl/N-ethyl adjacent to an activating group) is 1. The maximum Gasteiger partial charge on any atom is 0.266 e. The number of amidine groups is 1. The molecule has 0 aliphatic carbocycles. The SMILES string of the molecule is CCc1ccc(N=C2S/C(=C/c3ccc(OCc4ccccc4C#N)c(OC)c3)C(=O)N2C)cc1. The molecule has 1 amide bonds. The fourth-order valence-corrected chi connectivity index (χ4v) is 4.51. The minimum absolute atomic E-state index is 0.105. The quantitative estimate of drug-likeness (QED) is 0.389. The molecule has 1 saturated heterocycles. The van der Waals surface area contributed by atoms with Gasteiger partial charge in [-0.3, -0.25) is 9.69 Å². The van der Waals surface area contributed by atoms with Gasteiger partial charge in [0.2, 0.25) is 0 Å². The molecule has 1 heterocycles. The van der Waals surface area contributed by atoms with Crippen LogP contribution in [0.15, 0.2) is 76.6 Å². The molecule has 4 rings (SSSR count). The third-order valence-electron chi connectivity index (χ3n) is 5.58. The Morgan fingerprint density at radius 1 is 1.09 bits per heavy atom. The van der Waals surface area contributed by atoms with Crippen LogP contribution in [0.4, 0.5) is 5.69 Å². The lowest BCUT2D eigenvalue weighted by molar-refractivity contribution is -0.121. The van der Waals surface area contributed by atoms with Crippen molar-refractivity contribution in [3.63, 3.8) is 0 Å². The summed E-state index contributed by atoms with van der Waals surface area (Å²) in [4.78, 5) is 19.6. The number of nitriles is 1. The molecule has 6 nitrogen and oxygen atoms in total. The van der Waals surface area contributed by atoms with Gasteiger partial charge in [0.25, 0.3) is 5.91 Å². The van der Waals surface area contributed by atoms with E-state index in [1.165, 1.54) is 17.3 Å². The molecule has 7 heteroatoms. The Hall–Kier alpha value is -4.02. The van der Waals surface area contributed by atoms with Gasteiger partial charge in [0.15, 0.2) is 16.7 Å². The van der Waals surface area contributed by atoms with E-state index < -0.39 is 0 Å². The summed E-state index contributed by atoms with van der Waals surface area (Å²) in [7, 11) is 3.30. The number of carbonyl (C=O) groups excluding carboxylic acids is 1. The van der Waals surface area contributed by atoms with Crippen LogP contribution in [-0.4, -0.2) is 30.1 Å². The fraction of sp³-hybridized carbons (Fsp3) is 0.179. The summed E-state index contributed by atoms with van der Waals surface area (Å²) in [6.07, 6.45) is 2.79. The molecular weight excluding hydrogens is 458 g/mol. The number of nitrogens with zero attached hydrogens (tertiary/aromatic N) is 3. The summed E-state index contributed by atoms with van der Waals surface area (Å²) in [5.41, 5.74) is 4.24. The van der Waals surface area contributed by atoms with E-state index in [-0.39, 0.29) is 12.5 Å². The van der Waals surface area contributed by atoms with Crippen molar-refractivity contribution in [2.75, 3.05) is 14.2 Å².